The molecule has 0 spiro atoms. The summed E-state index contributed by atoms with van der Waals surface area (Å²) in [4.78, 5) is 8.29. The molecule has 0 saturated carbocycles. The Morgan fingerprint density at radius 2 is 1.88 bits per heavy atom. The standard InChI is InChI=1S/C19H29N5.HI/c1-16(2)18-8-6-17(7-9-18)5-4-10-22-19(20-3)23-12-14-24-13-11-21-15-24;/h6-9,11,13,15-16H,4-5,10,12,14H2,1-3H3,(H2,20,22,23);1H. The number of rotatable bonds is 8. The number of hydrogen-bond acceptors (Lipinski definition) is 2. The van der Waals surface area contributed by atoms with E-state index in [1.807, 2.05) is 17.1 Å². The molecule has 0 fully saturated rings. The molecule has 0 unspecified atom stereocenters. The number of aliphatic imine (C=N–C) groups is 1. The highest BCUT2D eigenvalue weighted by Gasteiger charge is 2.00. The molecule has 5 nitrogen and oxygen atoms in total. The summed E-state index contributed by atoms with van der Waals surface area (Å²) in [5.74, 6) is 1.45. The molecule has 138 valence electrons. The van der Waals surface area contributed by atoms with Gasteiger partial charge in [0, 0.05) is 39.1 Å². The number of imidazole rings is 1. The lowest BCUT2D eigenvalue weighted by atomic mass is 10.0. The van der Waals surface area contributed by atoms with Gasteiger partial charge in [0.05, 0.1) is 6.33 Å². The Morgan fingerprint density at radius 3 is 2.48 bits per heavy atom. The highest BCUT2D eigenvalue weighted by atomic mass is 127. The van der Waals surface area contributed by atoms with Gasteiger partial charge < -0.3 is 15.2 Å². The Bertz CT molecular complexity index is 605. The van der Waals surface area contributed by atoms with Crippen LogP contribution in [0.1, 0.15) is 37.3 Å². The summed E-state index contributed by atoms with van der Waals surface area (Å²) in [5, 5.41) is 6.68. The largest absolute Gasteiger partial charge is 0.356 e. The highest BCUT2D eigenvalue weighted by molar-refractivity contribution is 14.0. The first-order chi connectivity index (χ1) is 11.7. The van der Waals surface area contributed by atoms with Crippen molar-refractivity contribution < 1.29 is 0 Å². The van der Waals surface area contributed by atoms with Gasteiger partial charge in [-0.3, -0.25) is 4.99 Å². The van der Waals surface area contributed by atoms with E-state index in [-0.39, 0.29) is 24.0 Å². The number of hydrogen-bond donors (Lipinski definition) is 2. The normalized spacial score (nSPS) is 11.3. The van der Waals surface area contributed by atoms with Gasteiger partial charge in [0.25, 0.3) is 0 Å². The molecule has 1 aromatic heterocycles. The van der Waals surface area contributed by atoms with Crippen LogP contribution in [-0.2, 0) is 13.0 Å². The third-order valence-corrected chi connectivity index (χ3v) is 4.03. The van der Waals surface area contributed by atoms with Gasteiger partial charge in [-0.1, -0.05) is 38.1 Å². The maximum Gasteiger partial charge on any atom is 0.191 e. The monoisotopic (exact) mass is 455 g/mol. The fourth-order valence-corrected chi connectivity index (χ4v) is 2.51. The van der Waals surface area contributed by atoms with Crippen LogP contribution in [0, 0.1) is 0 Å². The van der Waals surface area contributed by atoms with Gasteiger partial charge in [-0.15, -0.1) is 24.0 Å². The van der Waals surface area contributed by atoms with Gasteiger partial charge in [0.15, 0.2) is 5.96 Å². The van der Waals surface area contributed by atoms with Crippen molar-refractivity contribution in [1.29, 1.82) is 0 Å². The zero-order valence-electron chi connectivity index (χ0n) is 15.4. The smallest absolute Gasteiger partial charge is 0.191 e. The Kier molecular flexibility index (Phi) is 10.2. The third kappa shape index (κ3) is 7.90. The molecule has 1 heterocycles. The lowest BCUT2D eigenvalue weighted by molar-refractivity contribution is 0.657. The summed E-state index contributed by atoms with van der Waals surface area (Å²) in [7, 11) is 1.80. The zero-order valence-corrected chi connectivity index (χ0v) is 17.7. The predicted molar refractivity (Wildman–Crippen MR) is 116 cm³/mol. The van der Waals surface area contributed by atoms with Crippen LogP contribution in [0.3, 0.4) is 0 Å². The molecule has 25 heavy (non-hydrogen) atoms. The lowest BCUT2D eigenvalue weighted by Gasteiger charge is -2.12. The van der Waals surface area contributed by atoms with E-state index in [2.05, 4.69) is 58.7 Å². The number of aryl methyl sites for hydroxylation is 1. The van der Waals surface area contributed by atoms with Gasteiger partial charge in [0.1, 0.15) is 0 Å². The van der Waals surface area contributed by atoms with Gasteiger partial charge >= 0.3 is 0 Å². The summed E-state index contributed by atoms with van der Waals surface area (Å²) < 4.78 is 2.04. The molecule has 0 bridgehead atoms. The molecule has 2 aromatic rings. The minimum Gasteiger partial charge on any atom is -0.356 e. The van der Waals surface area contributed by atoms with Crippen molar-refractivity contribution >= 4 is 29.9 Å². The number of aromatic nitrogens is 2. The number of benzene rings is 1. The van der Waals surface area contributed by atoms with E-state index < -0.39 is 0 Å². The maximum atomic E-state index is 4.25. The fourth-order valence-electron chi connectivity index (χ4n) is 2.51. The summed E-state index contributed by atoms with van der Waals surface area (Å²) in [6.07, 6.45) is 7.74. The minimum absolute atomic E-state index is 0. The molecule has 2 N–H and O–H groups in total. The molecule has 0 amide bonds. The van der Waals surface area contributed by atoms with E-state index in [0.29, 0.717) is 5.92 Å². The second kappa shape index (κ2) is 11.9. The molecular weight excluding hydrogens is 425 g/mol. The predicted octanol–water partition coefficient (Wildman–Crippen LogP) is 3.42. The summed E-state index contributed by atoms with van der Waals surface area (Å²) in [6, 6.07) is 8.97. The van der Waals surface area contributed by atoms with Crippen molar-refractivity contribution in [3.05, 3.63) is 54.1 Å². The average molecular weight is 455 g/mol. The van der Waals surface area contributed by atoms with Crippen molar-refractivity contribution in [2.45, 2.75) is 39.2 Å². The average Bonchev–Trinajstić information content (AvgIpc) is 3.10. The van der Waals surface area contributed by atoms with Crippen molar-refractivity contribution in [1.82, 2.24) is 20.2 Å². The number of halogens is 1. The van der Waals surface area contributed by atoms with Gasteiger partial charge in [-0.2, -0.15) is 0 Å². The quantitative estimate of drug-likeness (QED) is 0.278. The number of nitrogens with one attached hydrogen (secondary N) is 2. The molecule has 6 heteroatoms. The first-order valence-electron chi connectivity index (χ1n) is 8.68. The zero-order chi connectivity index (χ0) is 17.2. The van der Waals surface area contributed by atoms with E-state index in [1.165, 1.54) is 11.1 Å². The van der Waals surface area contributed by atoms with E-state index >= 15 is 0 Å². The van der Waals surface area contributed by atoms with Crippen LogP contribution in [0.5, 0.6) is 0 Å². The van der Waals surface area contributed by atoms with Gasteiger partial charge in [-0.05, 0) is 29.9 Å². The second-order valence-electron chi connectivity index (χ2n) is 6.23. The molecule has 2 rings (SSSR count). The maximum absolute atomic E-state index is 4.25. The highest BCUT2D eigenvalue weighted by Crippen LogP contribution is 2.15. The summed E-state index contributed by atoms with van der Waals surface area (Å²) in [5.41, 5.74) is 2.80. The van der Waals surface area contributed by atoms with E-state index in [4.69, 9.17) is 0 Å². The van der Waals surface area contributed by atoms with Crippen LogP contribution in [0.15, 0.2) is 48.0 Å². The molecule has 0 saturated heterocycles. The molecular formula is C19H30IN5. The van der Waals surface area contributed by atoms with Crippen LogP contribution in [-0.4, -0.2) is 35.6 Å². The van der Waals surface area contributed by atoms with Crippen molar-refractivity contribution in [3.63, 3.8) is 0 Å². The van der Waals surface area contributed by atoms with Crippen LogP contribution in [0.4, 0.5) is 0 Å². The van der Waals surface area contributed by atoms with Crippen LogP contribution in [0.25, 0.3) is 0 Å². The Balaban J connectivity index is 0.00000312. The summed E-state index contributed by atoms with van der Waals surface area (Å²) >= 11 is 0. The second-order valence-corrected chi connectivity index (χ2v) is 6.23. The van der Waals surface area contributed by atoms with E-state index in [1.54, 1.807) is 13.2 Å². The van der Waals surface area contributed by atoms with Crippen LogP contribution in [0.2, 0.25) is 0 Å². The number of nitrogens with zero attached hydrogens (tertiary/aromatic N) is 3. The van der Waals surface area contributed by atoms with Crippen LogP contribution >= 0.6 is 24.0 Å². The Hall–Kier alpha value is -1.57. The Morgan fingerprint density at radius 1 is 1.16 bits per heavy atom. The summed E-state index contributed by atoms with van der Waals surface area (Å²) in [6.45, 7) is 7.07. The van der Waals surface area contributed by atoms with Crippen molar-refractivity contribution in [2.75, 3.05) is 20.1 Å². The molecule has 0 radical (unpaired) electrons. The topological polar surface area (TPSA) is 54.2 Å². The van der Waals surface area contributed by atoms with Crippen molar-refractivity contribution in [3.8, 4) is 0 Å². The van der Waals surface area contributed by atoms with Gasteiger partial charge in [0.2, 0.25) is 0 Å². The third-order valence-electron chi connectivity index (χ3n) is 4.03. The fraction of sp³-hybridized carbons (Fsp3) is 0.474. The molecule has 0 aliphatic heterocycles. The molecule has 1 aromatic carbocycles. The van der Waals surface area contributed by atoms with E-state index in [9.17, 15) is 0 Å². The lowest BCUT2D eigenvalue weighted by Crippen LogP contribution is -2.39. The Labute approximate surface area is 168 Å². The number of guanidine groups is 1. The van der Waals surface area contributed by atoms with E-state index in [0.717, 1.165) is 38.4 Å². The molecule has 0 atom stereocenters. The molecule has 0 aliphatic rings. The first kappa shape index (κ1) is 21.5. The van der Waals surface area contributed by atoms with Crippen molar-refractivity contribution in [2.24, 2.45) is 4.99 Å². The van der Waals surface area contributed by atoms with Gasteiger partial charge in [-0.25, -0.2) is 4.98 Å². The van der Waals surface area contributed by atoms with Crippen LogP contribution < -0.4 is 10.6 Å². The minimum atomic E-state index is 0. The first-order valence-corrected chi connectivity index (χ1v) is 8.68. The SMILES string of the molecule is CN=C(NCCCc1ccc(C(C)C)cc1)NCCn1ccnc1.I. The molecule has 0 aliphatic carbocycles.